The fourth-order valence-electron chi connectivity index (χ4n) is 4.49. The van der Waals surface area contributed by atoms with Gasteiger partial charge in [-0.05, 0) is 24.5 Å². The Morgan fingerprint density at radius 3 is 2.72 bits per heavy atom. The highest BCUT2D eigenvalue weighted by molar-refractivity contribution is 6.01. The van der Waals surface area contributed by atoms with Gasteiger partial charge in [-0.15, -0.1) is 0 Å². The van der Waals surface area contributed by atoms with Crippen molar-refractivity contribution in [1.82, 2.24) is 24.4 Å². The first-order valence-corrected chi connectivity index (χ1v) is 10.1. The van der Waals surface area contributed by atoms with E-state index < -0.39 is 0 Å². The lowest BCUT2D eigenvalue weighted by atomic mass is 10.0. The van der Waals surface area contributed by atoms with Crippen LogP contribution in [0.3, 0.4) is 0 Å². The summed E-state index contributed by atoms with van der Waals surface area (Å²) in [7, 11) is 0. The minimum absolute atomic E-state index is 0.144. The van der Waals surface area contributed by atoms with Crippen molar-refractivity contribution in [2.45, 2.75) is 31.8 Å². The van der Waals surface area contributed by atoms with Gasteiger partial charge in [0.25, 0.3) is 0 Å². The number of primary amides is 1. The molecule has 7 nitrogen and oxygen atoms in total. The zero-order chi connectivity index (χ0) is 19.8. The molecule has 1 amide bonds. The number of aromatic amines is 1. The molecule has 1 aliphatic rings. The molecule has 0 atom stereocenters. The van der Waals surface area contributed by atoms with E-state index >= 15 is 0 Å². The molecule has 0 bridgehead atoms. The van der Waals surface area contributed by atoms with Crippen LogP contribution >= 0.6 is 0 Å². The summed E-state index contributed by atoms with van der Waals surface area (Å²) in [6, 6.07) is 12.9. The summed E-state index contributed by atoms with van der Waals surface area (Å²) in [6.07, 6.45) is 5.84. The average Bonchev–Trinajstić information content (AvgIpc) is 3.33. The Hall–Kier alpha value is -3.19. The molecule has 1 aliphatic heterocycles. The Bertz CT molecular complexity index is 1150. The number of piperidine rings is 1. The molecule has 3 N–H and O–H groups in total. The topological polar surface area (TPSA) is 92.8 Å². The Morgan fingerprint density at radius 2 is 1.97 bits per heavy atom. The highest BCUT2D eigenvalue weighted by Crippen LogP contribution is 2.32. The summed E-state index contributed by atoms with van der Waals surface area (Å²) in [5.74, 6) is 0.380. The molecule has 29 heavy (non-hydrogen) atoms. The molecule has 0 saturated carbocycles. The molecule has 0 aliphatic carbocycles. The number of imidazole rings is 1. The first-order chi connectivity index (χ1) is 14.2. The van der Waals surface area contributed by atoms with Crippen LogP contribution in [0.2, 0.25) is 0 Å². The van der Waals surface area contributed by atoms with E-state index in [9.17, 15) is 4.79 Å². The maximum atomic E-state index is 11.7. The maximum Gasteiger partial charge on any atom is 0.225 e. The van der Waals surface area contributed by atoms with Gasteiger partial charge in [-0.1, -0.05) is 30.3 Å². The van der Waals surface area contributed by atoms with Gasteiger partial charge in [0.15, 0.2) is 0 Å². The van der Waals surface area contributed by atoms with E-state index in [2.05, 4.69) is 49.8 Å². The standard InChI is InChI=1S/C22H24N6O/c23-19(29)12-20-26-18-13-25-22-17(6-9-24-22)21(18)28(20)16-7-10-27(11-8-16)14-15-4-2-1-3-5-15/h1-6,9,13,16H,7-8,10-12,14H2,(H2,23,29)(H,24,25). The Kier molecular flexibility index (Phi) is 4.52. The van der Waals surface area contributed by atoms with E-state index in [0.717, 1.165) is 60.4 Å². The number of carbonyl (C=O) groups excluding carboxylic acids is 1. The highest BCUT2D eigenvalue weighted by atomic mass is 16.1. The Balaban J connectivity index is 1.46. The number of fused-ring (bicyclic) bond motifs is 3. The van der Waals surface area contributed by atoms with E-state index in [1.54, 1.807) is 6.20 Å². The van der Waals surface area contributed by atoms with Gasteiger partial charge < -0.3 is 15.3 Å². The molecule has 0 spiro atoms. The van der Waals surface area contributed by atoms with Crippen molar-refractivity contribution in [3.63, 3.8) is 0 Å². The Morgan fingerprint density at radius 1 is 1.17 bits per heavy atom. The molecule has 0 unspecified atom stereocenters. The number of nitrogens with zero attached hydrogens (tertiary/aromatic N) is 4. The molecular weight excluding hydrogens is 364 g/mol. The van der Waals surface area contributed by atoms with Crippen molar-refractivity contribution in [2.24, 2.45) is 5.73 Å². The summed E-state index contributed by atoms with van der Waals surface area (Å²) in [6.45, 7) is 2.99. The predicted octanol–water partition coefficient (Wildman–Crippen LogP) is 2.78. The fourth-order valence-corrected chi connectivity index (χ4v) is 4.49. The number of aromatic nitrogens is 4. The van der Waals surface area contributed by atoms with E-state index in [4.69, 9.17) is 10.7 Å². The van der Waals surface area contributed by atoms with Gasteiger partial charge in [0.05, 0.1) is 18.1 Å². The van der Waals surface area contributed by atoms with Crippen LogP contribution in [0.15, 0.2) is 48.8 Å². The summed E-state index contributed by atoms with van der Waals surface area (Å²) >= 11 is 0. The SMILES string of the molecule is NC(=O)Cc1nc2cnc3[nH]ccc3c2n1C1CCN(Cc2ccccc2)CC1. The van der Waals surface area contributed by atoms with Gasteiger partial charge in [-0.2, -0.15) is 0 Å². The molecule has 1 fully saturated rings. The van der Waals surface area contributed by atoms with E-state index in [1.807, 2.05) is 12.3 Å². The quantitative estimate of drug-likeness (QED) is 0.550. The van der Waals surface area contributed by atoms with Gasteiger partial charge >= 0.3 is 0 Å². The molecule has 7 heteroatoms. The molecule has 4 heterocycles. The van der Waals surface area contributed by atoms with Gasteiger partial charge in [-0.25, -0.2) is 9.97 Å². The fraction of sp³-hybridized carbons (Fsp3) is 0.318. The number of nitrogens with two attached hydrogens (primary N) is 1. The first-order valence-electron chi connectivity index (χ1n) is 10.1. The third-order valence-corrected chi connectivity index (χ3v) is 5.81. The largest absolute Gasteiger partial charge is 0.369 e. The molecule has 148 valence electrons. The zero-order valence-corrected chi connectivity index (χ0v) is 16.2. The molecule has 3 aromatic heterocycles. The van der Waals surface area contributed by atoms with Crippen molar-refractivity contribution >= 4 is 28.0 Å². The molecule has 1 aromatic carbocycles. The number of H-pyrrole nitrogens is 1. The number of amides is 1. The van der Waals surface area contributed by atoms with Crippen LogP contribution in [0.25, 0.3) is 22.1 Å². The first kappa shape index (κ1) is 17.9. The lowest BCUT2D eigenvalue weighted by molar-refractivity contribution is -0.117. The van der Waals surface area contributed by atoms with Crippen molar-refractivity contribution in [1.29, 1.82) is 0 Å². The number of carbonyl (C=O) groups is 1. The smallest absolute Gasteiger partial charge is 0.225 e. The molecule has 4 aromatic rings. The van der Waals surface area contributed by atoms with E-state index in [0.29, 0.717) is 6.04 Å². The summed E-state index contributed by atoms with van der Waals surface area (Å²) in [5, 5.41) is 1.04. The zero-order valence-electron chi connectivity index (χ0n) is 16.2. The number of rotatable bonds is 5. The normalized spacial score (nSPS) is 16.0. The number of likely N-dealkylation sites (tertiary alicyclic amines) is 1. The number of benzene rings is 1. The van der Waals surface area contributed by atoms with Crippen molar-refractivity contribution < 1.29 is 4.79 Å². The maximum absolute atomic E-state index is 11.7. The molecule has 0 radical (unpaired) electrons. The second kappa shape index (κ2) is 7.33. The van der Waals surface area contributed by atoms with Crippen LogP contribution in [-0.4, -0.2) is 43.4 Å². The Labute approximate surface area is 168 Å². The van der Waals surface area contributed by atoms with Crippen LogP contribution in [0, 0.1) is 0 Å². The van der Waals surface area contributed by atoms with Crippen molar-refractivity contribution in [2.75, 3.05) is 13.1 Å². The number of nitrogens with one attached hydrogen (secondary N) is 1. The van der Waals surface area contributed by atoms with E-state index in [1.165, 1.54) is 5.56 Å². The van der Waals surface area contributed by atoms with Crippen LogP contribution < -0.4 is 5.73 Å². The highest BCUT2D eigenvalue weighted by Gasteiger charge is 2.26. The lowest BCUT2D eigenvalue weighted by Gasteiger charge is -2.33. The lowest BCUT2D eigenvalue weighted by Crippen LogP contribution is -2.35. The molecule has 5 rings (SSSR count). The van der Waals surface area contributed by atoms with Gasteiger partial charge in [0.1, 0.15) is 17.0 Å². The predicted molar refractivity (Wildman–Crippen MR) is 112 cm³/mol. The summed E-state index contributed by atoms with van der Waals surface area (Å²) in [5.41, 5.74) is 9.57. The molecule has 1 saturated heterocycles. The monoisotopic (exact) mass is 388 g/mol. The number of pyridine rings is 1. The number of hydrogen-bond donors (Lipinski definition) is 2. The van der Waals surface area contributed by atoms with Crippen LogP contribution in [0.5, 0.6) is 0 Å². The second-order valence-electron chi connectivity index (χ2n) is 7.77. The number of hydrogen-bond acceptors (Lipinski definition) is 4. The molecular formula is C22H24N6O. The van der Waals surface area contributed by atoms with Gasteiger partial charge in [0, 0.05) is 37.3 Å². The third-order valence-electron chi connectivity index (χ3n) is 5.81. The van der Waals surface area contributed by atoms with E-state index in [-0.39, 0.29) is 12.3 Å². The van der Waals surface area contributed by atoms with Gasteiger partial charge in [0.2, 0.25) is 5.91 Å². The van der Waals surface area contributed by atoms with Crippen molar-refractivity contribution in [3.8, 4) is 0 Å². The average molecular weight is 388 g/mol. The van der Waals surface area contributed by atoms with Crippen LogP contribution in [0.1, 0.15) is 30.3 Å². The van der Waals surface area contributed by atoms with Crippen LogP contribution in [-0.2, 0) is 17.8 Å². The summed E-state index contributed by atoms with van der Waals surface area (Å²) in [4.78, 5) is 26.5. The van der Waals surface area contributed by atoms with Crippen LogP contribution in [0.4, 0.5) is 0 Å². The minimum Gasteiger partial charge on any atom is -0.369 e. The minimum atomic E-state index is -0.360. The second-order valence-corrected chi connectivity index (χ2v) is 7.77. The van der Waals surface area contributed by atoms with Gasteiger partial charge in [-0.3, -0.25) is 9.69 Å². The summed E-state index contributed by atoms with van der Waals surface area (Å²) < 4.78 is 2.25. The van der Waals surface area contributed by atoms with Crippen molar-refractivity contribution in [3.05, 3.63) is 60.2 Å². The third kappa shape index (κ3) is 3.38.